The highest BCUT2D eigenvalue weighted by atomic mass is 19.1. The van der Waals surface area contributed by atoms with E-state index in [1.165, 1.54) is 12.1 Å². The Labute approximate surface area is 162 Å². The molecule has 0 N–H and O–H groups in total. The predicted octanol–water partition coefficient (Wildman–Crippen LogP) is 4.47. The molecule has 0 spiro atoms. The number of para-hydroxylation sites is 1. The molecule has 0 atom stereocenters. The quantitative estimate of drug-likeness (QED) is 0.624. The van der Waals surface area contributed by atoms with Crippen molar-refractivity contribution in [2.75, 3.05) is 6.79 Å². The highest BCUT2D eigenvalue weighted by Crippen LogP contribution is 2.31. The Morgan fingerprint density at radius 3 is 2.93 bits per heavy atom. The number of halogens is 1. The number of rotatable bonds is 4. The molecule has 4 rings (SSSR count). The molecule has 2 heterocycles. The van der Waals surface area contributed by atoms with Crippen molar-refractivity contribution in [3.05, 3.63) is 70.2 Å². The van der Waals surface area contributed by atoms with Crippen LogP contribution >= 0.6 is 0 Å². The minimum atomic E-state index is -0.474. The molecule has 1 aliphatic rings. The molecule has 5 nitrogen and oxygen atoms in total. The lowest BCUT2D eigenvalue weighted by Crippen LogP contribution is -2.16. The summed E-state index contributed by atoms with van der Waals surface area (Å²) in [5.41, 5.74) is 3.92. The van der Waals surface area contributed by atoms with Crippen molar-refractivity contribution in [3.8, 4) is 5.75 Å². The lowest BCUT2D eigenvalue weighted by molar-refractivity contribution is -0.0183. The molecule has 1 aromatic heterocycles. The number of fused-ring (bicyclic) bond motifs is 2. The predicted molar refractivity (Wildman–Crippen MR) is 102 cm³/mol. The van der Waals surface area contributed by atoms with Gasteiger partial charge in [0.1, 0.15) is 18.2 Å². The van der Waals surface area contributed by atoms with E-state index in [1.54, 1.807) is 0 Å². The number of carbonyl (C=O) groups excluding carboxylic acids is 1. The van der Waals surface area contributed by atoms with Gasteiger partial charge in [-0.15, -0.1) is 0 Å². The van der Waals surface area contributed by atoms with Gasteiger partial charge < -0.3 is 14.2 Å². The number of hydrogen-bond donors (Lipinski definition) is 0. The van der Waals surface area contributed by atoms with Crippen LogP contribution in [0.4, 0.5) is 4.39 Å². The largest absolute Gasteiger partial charge is 0.467 e. The Morgan fingerprint density at radius 1 is 1.29 bits per heavy atom. The molecule has 0 fully saturated rings. The second-order valence-corrected chi connectivity index (χ2v) is 6.67. The SMILES string of the molecule is CCc1nc2ccccc2c(C)c1C(=O)OCc1cc(F)cc2c1OCOC2. The van der Waals surface area contributed by atoms with Crippen LogP contribution in [-0.2, 0) is 29.1 Å². The van der Waals surface area contributed by atoms with Crippen molar-refractivity contribution in [3.63, 3.8) is 0 Å². The number of hydrogen-bond acceptors (Lipinski definition) is 5. The number of ether oxygens (including phenoxy) is 3. The first-order chi connectivity index (χ1) is 13.6. The third-order valence-corrected chi connectivity index (χ3v) is 4.88. The summed E-state index contributed by atoms with van der Waals surface area (Å²) in [6.07, 6.45) is 0.603. The molecule has 0 saturated carbocycles. The maximum atomic E-state index is 13.9. The van der Waals surface area contributed by atoms with E-state index in [0.717, 1.165) is 16.5 Å². The van der Waals surface area contributed by atoms with Crippen molar-refractivity contribution in [1.29, 1.82) is 0 Å². The Balaban J connectivity index is 1.65. The lowest BCUT2D eigenvalue weighted by atomic mass is 10.0. The van der Waals surface area contributed by atoms with E-state index in [4.69, 9.17) is 14.2 Å². The molecule has 144 valence electrons. The van der Waals surface area contributed by atoms with Gasteiger partial charge >= 0.3 is 5.97 Å². The minimum Gasteiger partial charge on any atom is -0.467 e. The summed E-state index contributed by atoms with van der Waals surface area (Å²) in [5.74, 6) is -0.376. The van der Waals surface area contributed by atoms with Crippen LogP contribution in [0.3, 0.4) is 0 Å². The summed E-state index contributed by atoms with van der Waals surface area (Å²) in [4.78, 5) is 17.5. The first-order valence-electron chi connectivity index (χ1n) is 9.15. The fourth-order valence-corrected chi connectivity index (χ4v) is 3.55. The van der Waals surface area contributed by atoms with Gasteiger partial charge in [-0.2, -0.15) is 0 Å². The zero-order chi connectivity index (χ0) is 19.7. The van der Waals surface area contributed by atoms with E-state index in [0.29, 0.717) is 34.6 Å². The zero-order valence-corrected chi connectivity index (χ0v) is 15.8. The Kier molecular flexibility index (Phi) is 4.96. The number of carbonyl (C=O) groups is 1. The van der Waals surface area contributed by atoms with Crippen molar-refractivity contribution >= 4 is 16.9 Å². The number of nitrogens with zero attached hydrogens (tertiary/aromatic N) is 1. The molecule has 1 aliphatic heterocycles. The van der Waals surface area contributed by atoms with Gasteiger partial charge in [-0.05, 0) is 37.1 Å². The fraction of sp³-hybridized carbons (Fsp3) is 0.273. The molecule has 0 saturated heterocycles. The number of pyridine rings is 1. The molecular weight excluding hydrogens is 361 g/mol. The number of benzene rings is 2. The highest BCUT2D eigenvalue weighted by molar-refractivity contribution is 5.98. The van der Waals surface area contributed by atoms with E-state index >= 15 is 0 Å². The van der Waals surface area contributed by atoms with Crippen LogP contribution < -0.4 is 4.74 Å². The van der Waals surface area contributed by atoms with Crippen LogP contribution in [0.15, 0.2) is 36.4 Å². The molecule has 0 unspecified atom stereocenters. The summed E-state index contributed by atoms with van der Waals surface area (Å²) in [7, 11) is 0. The zero-order valence-electron chi connectivity index (χ0n) is 15.8. The molecule has 3 aromatic rings. The van der Waals surface area contributed by atoms with Gasteiger partial charge in [-0.3, -0.25) is 4.98 Å². The highest BCUT2D eigenvalue weighted by Gasteiger charge is 2.22. The Morgan fingerprint density at radius 2 is 2.11 bits per heavy atom. The average Bonchev–Trinajstić information content (AvgIpc) is 2.71. The maximum Gasteiger partial charge on any atom is 0.340 e. The summed E-state index contributed by atoms with van der Waals surface area (Å²) in [6, 6.07) is 10.4. The summed E-state index contributed by atoms with van der Waals surface area (Å²) >= 11 is 0. The standard InChI is InChI=1S/C22H20FNO4/c1-3-18-20(13(2)17-6-4-5-7-19(17)24-18)22(25)27-11-15-9-16(23)8-14-10-26-12-28-21(14)15/h4-9H,3,10-12H2,1-2H3. The molecule has 0 aliphatic carbocycles. The second kappa shape index (κ2) is 7.56. The molecule has 28 heavy (non-hydrogen) atoms. The van der Waals surface area contributed by atoms with Crippen LogP contribution in [0.1, 0.15) is 39.7 Å². The van der Waals surface area contributed by atoms with E-state index in [2.05, 4.69) is 4.98 Å². The first kappa shape index (κ1) is 18.4. The van der Waals surface area contributed by atoms with Crippen LogP contribution in [0.2, 0.25) is 0 Å². The van der Waals surface area contributed by atoms with Crippen molar-refractivity contribution in [1.82, 2.24) is 4.98 Å². The van der Waals surface area contributed by atoms with E-state index in [1.807, 2.05) is 38.1 Å². The third kappa shape index (κ3) is 3.31. The minimum absolute atomic E-state index is 0.0889. The average molecular weight is 381 g/mol. The normalized spacial score (nSPS) is 13.1. The summed E-state index contributed by atoms with van der Waals surface area (Å²) in [6.45, 7) is 4.11. The summed E-state index contributed by atoms with van der Waals surface area (Å²) < 4.78 is 30.1. The van der Waals surface area contributed by atoms with Crippen LogP contribution in [0, 0.1) is 12.7 Å². The van der Waals surface area contributed by atoms with Gasteiger partial charge in [0.25, 0.3) is 0 Å². The van der Waals surface area contributed by atoms with Gasteiger partial charge in [0, 0.05) is 16.5 Å². The lowest BCUT2D eigenvalue weighted by Gasteiger charge is -2.21. The third-order valence-electron chi connectivity index (χ3n) is 4.88. The first-order valence-corrected chi connectivity index (χ1v) is 9.15. The van der Waals surface area contributed by atoms with Crippen molar-refractivity contribution < 1.29 is 23.4 Å². The second-order valence-electron chi connectivity index (χ2n) is 6.67. The number of aryl methyl sites for hydroxylation is 2. The molecule has 6 heteroatoms. The van der Waals surface area contributed by atoms with Crippen LogP contribution in [-0.4, -0.2) is 17.7 Å². The van der Waals surface area contributed by atoms with Gasteiger partial charge in [0.2, 0.25) is 0 Å². The topological polar surface area (TPSA) is 57.7 Å². The van der Waals surface area contributed by atoms with E-state index in [9.17, 15) is 9.18 Å². The maximum absolute atomic E-state index is 13.9. The van der Waals surface area contributed by atoms with E-state index in [-0.39, 0.29) is 20.0 Å². The van der Waals surface area contributed by atoms with Gasteiger partial charge in [0.15, 0.2) is 6.79 Å². The van der Waals surface area contributed by atoms with Crippen molar-refractivity contribution in [2.45, 2.75) is 33.5 Å². The van der Waals surface area contributed by atoms with Crippen LogP contribution in [0.5, 0.6) is 5.75 Å². The van der Waals surface area contributed by atoms with Crippen LogP contribution in [0.25, 0.3) is 10.9 Å². The summed E-state index contributed by atoms with van der Waals surface area (Å²) in [5, 5.41) is 0.912. The number of aromatic nitrogens is 1. The molecule has 2 aromatic carbocycles. The van der Waals surface area contributed by atoms with Gasteiger partial charge in [-0.1, -0.05) is 25.1 Å². The van der Waals surface area contributed by atoms with Gasteiger partial charge in [-0.25, -0.2) is 9.18 Å². The van der Waals surface area contributed by atoms with Gasteiger partial charge in [0.05, 0.1) is 23.4 Å². The van der Waals surface area contributed by atoms with Crippen molar-refractivity contribution in [2.24, 2.45) is 0 Å². The number of esters is 1. The molecular formula is C22H20FNO4. The Bertz CT molecular complexity index is 1060. The fourth-order valence-electron chi connectivity index (χ4n) is 3.55. The monoisotopic (exact) mass is 381 g/mol. The molecule has 0 amide bonds. The molecule has 0 bridgehead atoms. The van der Waals surface area contributed by atoms with E-state index < -0.39 is 11.8 Å². The smallest absolute Gasteiger partial charge is 0.340 e. The Hall–Kier alpha value is -2.99. The molecule has 0 radical (unpaired) electrons.